The van der Waals surface area contributed by atoms with E-state index in [0.717, 1.165) is 25.9 Å². The van der Waals surface area contributed by atoms with Crippen molar-refractivity contribution in [1.29, 1.82) is 0 Å². The summed E-state index contributed by atoms with van der Waals surface area (Å²) in [6.45, 7) is 2.94. The molecule has 1 aromatic carbocycles. The molecule has 2 saturated heterocycles. The molecule has 0 saturated carbocycles. The van der Waals surface area contributed by atoms with Crippen LogP contribution in [0.4, 0.5) is 0 Å². The van der Waals surface area contributed by atoms with Crippen molar-refractivity contribution < 1.29 is 19.0 Å². The van der Waals surface area contributed by atoms with E-state index in [9.17, 15) is 4.79 Å². The summed E-state index contributed by atoms with van der Waals surface area (Å²) in [5.74, 6) is 1.83. The van der Waals surface area contributed by atoms with Gasteiger partial charge in [0.1, 0.15) is 13.2 Å². The second kappa shape index (κ2) is 6.75. The maximum atomic E-state index is 13.2. The van der Waals surface area contributed by atoms with Crippen LogP contribution in [-0.4, -0.2) is 68.3 Å². The number of amides is 1. The molecule has 2 atom stereocenters. The van der Waals surface area contributed by atoms with Crippen molar-refractivity contribution in [3.8, 4) is 17.2 Å². The van der Waals surface area contributed by atoms with E-state index in [4.69, 9.17) is 14.2 Å². The molecule has 3 heterocycles. The number of methoxy groups -OCH3 is 1. The second-order valence-corrected chi connectivity index (χ2v) is 7.10. The van der Waals surface area contributed by atoms with Gasteiger partial charge >= 0.3 is 0 Å². The van der Waals surface area contributed by atoms with Gasteiger partial charge in [-0.15, -0.1) is 0 Å². The van der Waals surface area contributed by atoms with Crippen LogP contribution in [0.5, 0.6) is 17.2 Å². The first kappa shape index (κ1) is 16.5. The molecule has 0 N–H and O–H groups in total. The first-order chi connectivity index (χ1) is 12.2. The predicted octanol–water partition coefficient (Wildman–Crippen LogP) is 2.17. The molecular weight excluding hydrogens is 320 g/mol. The van der Waals surface area contributed by atoms with Crippen LogP contribution < -0.4 is 14.2 Å². The van der Waals surface area contributed by atoms with Gasteiger partial charge in [0.15, 0.2) is 11.5 Å². The minimum absolute atomic E-state index is 0.0677. The number of nitrogens with zero attached hydrogens (tertiary/aromatic N) is 2. The fourth-order valence-corrected chi connectivity index (χ4v) is 4.43. The first-order valence-corrected chi connectivity index (χ1v) is 9.18. The van der Waals surface area contributed by atoms with Crippen LogP contribution in [0.2, 0.25) is 0 Å². The number of hydrogen-bond donors (Lipinski definition) is 0. The number of likely N-dealkylation sites (tertiary alicyclic amines) is 2. The number of rotatable bonds is 3. The summed E-state index contributed by atoms with van der Waals surface area (Å²) in [7, 11) is 3.76. The number of carbonyl (C=O) groups excluding carboxylic acids is 1. The molecule has 1 amide bonds. The molecule has 0 radical (unpaired) electrons. The van der Waals surface area contributed by atoms with Gasteiger partial charge in [0, 0.05) is 24.2 Å². The highest BCUT2D eigenvalue weighted by atomic mass is 16.6. The molecule has 0 bridgehead atoms. The Kier molecular flexibility index (Phi) is 4.46. The Morgan fingerprint density at radius 2 is 1.88 bits per heavy atom. The molecule has 25 heavy (non-hydrogen) atoms. The van der Waals surface area contributed by atoms with Crippen molar-refractivity contribution in [2.24, 2.45) is 0 Å². The van der Waals surface area contributed by atoms with E-state index in [0.29, 0.717) is 48.1 Å². The largest absolute Gasteiger partial charge is 0.493 e. The molecule has 6 nitrogen and oxygen atoms in total. The van der Waals surface area contributed by atoms with Crippen LogP contribution in [0.1, 0.15) is 36.0 Å². The van der Waals surface area contributed by atoms with E-state index in [2.05, 4.69) is 16.8 Å². The van der Waals surface area contributed by atoms with Crippen molar-refractivity contribution in [2.75, 3.05) is 40.5 Å². The summed E-state index contributed by atoms with van der Waals surface area (Å²) >= 11 is 0. The number of ether oxygens (including phenoxy) is 3. The Morgan fingerprint density at radius 1 is 1.12 bits per heavy atom. The molecule has 0 aliphatic carbocycles. The molecule has 0 spiro atoms. The Bertz CT molecular complexity index is 646. The van der Waals surface area contributed by atoms with Crippen LogP contribution in [0, 0.1) is 0 Å². The Morgan fingerprint density at radius 3 is 2.64 bits per heavy atom. The quantitative estimate of drug-likeness (QED) is 0.840. The number of likely N-dealkylation sites (N-methyl/N-ethyl adjacent to an activating group) is 1. The lowest BCUT2D eigenvalue weighted by Gasteiger charge is -2.33. The smallest absolute Gasteiger partial charge is 0.254 e. The van der Waals surface area contributed by atoms with Crippen molar-refractivity contribution >= 4 is 5.91 Å². The van der Waals surface area contributed by atoms with Crippen molar-refractivity contribution in [3.05, 3.63) is 17.7 Å². The molecular formula is C19H26N2O4. The van der Waals surface area contributed by atoms with Crippen LogP contribution in [-0.2, 0) is 0 Å². The number of hydrogen-bond acceptors (Lipinski definition) is 5. The molecule has 136 valence electrons. The van der Waals surface area contributed by atoms with Crippen LogP contribution in [0.25, 0.3) is 0 Å². The molecule has 2 fully saturated rings. The number of fused-ring (bicyclic) bond motifs is 1. The first-order valence-electron chi connectivity index (χ1n) is 9.18. The third-order valence-corrected chi connectivity index (χ3v) is 5.66. The molecule has 2 unspecified atom stereocenters. The van der Waals surface area contributed by atoms with Gasteiger partial charge in [-0.1, -0.05) is 0 Å². The number of benzene rings is 1. The number of carbonyl (C=O) groups is 1. The lowest BCUT2D eigenvalue weighted by molar-refractivity contribution is 0.0663. The van der Waals surface area contributed by atoms with Crippen molar-refractivity contribution in [3.63, 3.8) is 0 Å². The summed E-state index contributed by atoms with van der Waals surface area (Å²) < 4.78 is 16.7. The minimum atomic E-state index is 0.0677. The van der Waals surface area contributed by atoms with Crippen LogP contribution in [0.15, 0.2) is 12.1 Å². The Balaban J connectivity index is 1.61. The highest BCUT2D eigenvalue weighted by Crippen LogP contribution is 2.41. The van der Waals surface area contributed by atoms with E-state index >= 15 is 0 Å². The lowest BCUT2D eigenvalue weighted by Crippen LogP contribution is -2.47. The highest BCUT2D eigenvalue weighted by molar-refractivity contribution is 5.96. The summed E-state index contributed by atoms with van der Waals surface area (Å²) in [6, 6.07) is 4.36. The predicted molar refractivity (Wildman–Crippen MR) is 93.7 cm³/mol. The van der Waals surface area contributed by atoms with Crippen LogP contribution in [0.3, 0.4) is 0 Å². The van der Waals surface area contributed by atoms with E-state index in [1.54, 1.807) is 19.2 Å². The summed E-state index contributed by atoms with van der Waals surface area (Å²) in [6.07, 6.45) is 4.55. The van der Waals surface area contributed by atoms with Gasteiger partial charge < -0.3 is 24.0 Å². The molecule has 6 heteroatoms. The lowest BCUT2D eigenvalue weighted by atomic mass is 10.0. The van der Waals surface area contributed by atoms with Gasteiger partial charge in [0.25, 0.3) is 5.91 Å². The summed E-state index contributed by atoms with van der Waals surface area (Å²) in [4.78, 5) is 17.7. The Labute approximate surface area is 148 Å². The SMILES string of the molecule is COc1cc(C(=O)N2CCCC2C2CCCN2C)cc2c1OCCO2. The van der Waals surface area contributed by atoms with E-state index in [1.165, 1.54) is 12.8 Å². The Hall–Kier alpha value is -1.95. The minimum Gasteiger partial charge on any atom is -0.493 e. The van der Waals surface area contributed by atoms with Gasteiger partial charge in [0.2, 0.25) is 5.75 Å². The van der Waals surface area contributed by atoms with E-state index in [1.807, 2.05) is 0 Å². The monoisotopic (exact) mass is 346 g/mol. The van der Waals surface area contributed by atoms with Crippen molar-refractivity contribution in [2.45, 2.75) is 37.8 Å². The highest BCUT2D eigenvalue weighted by Gasteiger charge is 2.39. The van der Waals surface area contributed by atoms with Crippen molar-refractivity contribution in [1.82, 2.24) is 9.80 Å². The van der Waals surface area contributed by atoms with Gasteiger partial charge in [0.05, 0.1) is 7.11 Å². The molecule has 3 aliphatic rings. The average molecular weight is 346 g/mol. The maximum Gasteiger partial charge on any atom is 0.254 e. The third kappa shape index (κ3) is 2.92. The standard InChI is InChI=1S/C19H26N2O4/c1-20-7-3-5-14(20)15-6-4-8-21(15)19(22)13-11-16(23-2)18-17(12-13)24-9-10-25-18/h11-12,14-15H,3-10H2,1-2H3. The summed E-state index contributed by atoms with van der Waals surface area (Å²) in [5.41, 5.74) is 0.619. The van der Waals surface area contributed by atoms with Gasteiger partial charge in [-0.05, 0) is 51.4 Å². The molecule has 1 aromatic rings. The molecule has 0 aromatic heterocycles. The van der Waals surface area contributed by atoms with E-state index in [-0.39, 0.29) is 5.91 Å². The zero-order valence-electron chi connectivity index (χ0n) is 15.0. The average Bonchev–Trinajstić information content (AvgIpc) is 3.28. The molecule has 3 aliphatic heterocycles. The second-order valence-electron chi connectivity index (χ2n) is 7.10. The van der Waals surface area contributed by atoms with Crippen LogP contribution >= 0.6 is 0 Å². The van der Waals surface area contributed by atoms with E-state index < -0.39 is 0 Å². The maximum absolute atomic E-state index is 13.2. The zero-order chi connectivity index (χ0) is 17.4. The zero-order valence-corrected chi connectivity index (χ0v) is 15.0. The third-order valence-electron chi connectivity index (χ3n) is 5.66. The topological polar surface area (TPSA) is 51.2 Å². The molecule has 4 rings (SSSR count). The van der Waals surface area contributed by atoms with Gasteiger partial charge in [-0.25, -0.2) is 0 Å². The fraction of sp³-hybridized carbons (Fsp3) is 0.632. The fourth-order valence-electron chi connectivity index (χ4n) is 4.43. The van der Waals surface area contributed by atoms with Gasteiger partial charge in [-0.3, -0.25) is 4.79 Å². The summed E-state index contributed by atoms with van der Waals surface area (Å²) in [5, 5.41) is 0. The normalized spacial score (nSPS) is 26.1. The van der Waals surface area contributed by atoms with Gasteiger partial charge in [-0.2, -0.15) is 0 Å².